The van der Waals surface area contributed by atoms with Crippen LogP contribution in [-0.2, 0) is 6.42 Å². The third kappa shape index (κ3) is 1.82. The molecule has 3 heteroatoms. The van der Waals surface area contributed by atoms with Crippen molar-refractivity contribution in [3.05, 3.63) is 63.7 Å². The Morgan fingerprint density at radius 3 is 2.77 bits per heavy atom. The Balaban J connectivity index is 2.22. The van der Waals surface area contributed by atoms with Crippen molar-refractivity contribution >= 4 is 27.2 Å². The molecule has 3 aromatic rings. The molecule has 0 aromatic heterocycles. The van der Waals surface area contributed by atoms with E-state index in [0.29, 0.717) is 5.92 Å². The quantitative estimate of drug-likeness (QED) is 0.345. The second-order valence-electron chi connectivity index (χ2n) is 6.22. The lowest BCUT2D eigenvalue weighted by Crippen LogP contribution is -2.08. The molecule has 4 rings (SSSR count). The molecule has 0 heterocycles. The van der Waals surface area contributed by atoms with Crippen LogP contribution < -0.4 is 0 Å². The molecule has 0 N–H and O–H groups in total. The van der Waals surface area contributed by atoms with Gasteiger partial charge < -0.3 is 0 Å². The monoisotopic (exact) mass is 291 g/mol. The largest absolute Gasteiger partial charge is 0.278 e. The number of rotatable bonds is 1. The van der Waals surface area contributed by atoms with Gasteiger partial charge in [0.25, 0.3) is 5.69 Å². The summed E-state index contributed by atoms with van der Waals surface area (Å²) in [4.78, 5) is 11.4. The van der Waals surface area contributed by atoms with E-state index in [9.17, 15) is 10.1 Å². The Morgan fingerprint density at radius 2 is 1.95 bits per heavy atom. The smallest absolute Gasteiger partial charge is 0.258 e. The van der Waals surface area contributed by atoms with Crippen LogP contribution >= 0.6 is 0 Å². The van der Waals surface area contributed by atoms with Crippen LogP contribution in [-0.4, -0.2) is 4.92 Å². The molecule has 22 heavy (non-hydrogen) atoms. The normalized spacial score (nSPS) is 17.6. The van der Waals surface area contributed by atoms with E-state index in [0.717, 1.165) is 34.4 Å². The minimum absolute atomic E-state index is 0.228. The molecule has 3 nitrogen and oxygen atoms in total. The summed E-state index contributed by atoms with van der Waals surface area (Å²) >= 11 is 0. The van der Waals surface area contributed by atoms with Gasteiger partial charge in [0.15, 0.2) is 0 Å². The minimum Gasteiger partial charge on any atom is -0.258 e. The summed E-state index contributed by atoms with van der Waals surface area (Å²) in [5, 5.41) is 15.5. The first-order valence-electron chi connectivity index (χ1n) is 7.78. The number of nitrogens with zero attached hydrogens (tertiary/aromatic N) is 1. The van der Waals surface area contributed by atoms with Crippen molar-refractivity contribution in [1.29, 1.82) is 0 Å². The van der Waals surface area contributed by atoms with Crippen LogP contribution in [0, 0.1) is 10.1 Å². The van der Waals surface area contributed by atoms with Crippen LogP contribution in [0.2, 0.25) is 0 Å². The highest BCUT2D eigenvalue weighted by atomic mass is 16.6. The number of non-ortho nitro benzene ring substituents is 1. The summed E-state index contributed by atoms with van der Waals surface area (Å²) in [6.45, 7) is 2.22. The van der Waals surface area contributed by atoms with Crippen LogP contribution in [0.5, 0.6) is 0 Å². The Bertz CT molecular complexity index is 914. The molecule has 0 aliphatic heterocycles. The van der Waals surface area contributed by atoms with Crippen molar-refractivity contribution in [2.45, 2.75) is 32.1 Å². The molecule has 1 aliphatic rings. The molecule has 0 saturated heterocycles. The van der Waals surface area contributed by atoms with E-state index in [2.05, 4.69) is 25.1 Å². The number of aryl methyl sites for hydroxylation is 1. The van der Waals surface area contributed by atoms with Gasteiger partial charge in [-0.1, -0.05) is 43.3 Å². The first-order valence-corrected chi connectivity index (χ1v) is 7.78. The molecule has 0 radical (unpaired) electrons. The van der Waals surface area contributed by atoms with Crippen molar-refractivity contribution in [3.63, 3.8) is 0 Å². The fourth-order valence-electron chi connectivity index (χ4n) is 3.88. The Morgan fingerprint density at radius 1 is 1.14 bits per heavy atom. The third-order valence-corrected chi connectivity index (χ3v) is 4.94. The van der Waals surface area contributed by atoms with Gasteiger partial charge in [0.2, 0.25) is 0 Å². The van der Waals surface area contributed by atoms with E-state index in [1.165, 1.54) is 17.5 Å². The molecular weight excluding hydrogens is 274 g/mol. The topological polar surface area (TPSA) is 43.1 Å². The lowest BCUT2D eigenvalue weighted by molar-refractivity contribution is -0.383. The molecule has 110 valence electrons. The number of fused-ring (bicyclic) bond motifs is 5. The number of hydrogen-bond acceptors (Lipinski definition) is 2. The molecule has 0 fully saturated rings. The van der Waals surface area contributed by atoms with Gasteiger partial charge in [-0.2, -0.15) is 0 Å². The van der Waals surface area contributed by atoms with Crippen molar-refractivity contribution in [3.8, 4) is 0 Å². The number of nitro benzene ring substituents is 1. The predicted octanol–water partition coefficient (Wildman–Crippen LogP) is 5.34. The van der Waals surface area contributed by atoms with Gasteiger partial charge in [-0.05, 0) is 52.5 Å². The fraction of sp³-hybridized carbons (Fsp3) is 0.263. The zero-order chi connectivity index (χ0) is 15.3. The van der Waals surface area contributed by atoms with Crippen LogP contribution in [0.25, 0.3) is 21.5 Å². The maximum atomic E-state index is 11.6. The molecule has 1 atom stereocenters. The molecule has 0 saturated carbocycles. The lowest BCUT2D eigenvalue weighted by atomic mass is 9.80. The van der Waals surface area contributed by atoms with Crippen molar-refractivity contribution < 1.29 is 4.92 Å². The summed E-state index contributed by atoms with van der Waals surface area (Å²) in [5.74, 6) is 0.485. The Kier molecular flexibility index (Phi) is 2.89. The van der Waals surface area contributed by atoms with E-state index in [-0.39, 0.29) is 10.6 Å². The standard InChI is InChI=1S/C19H17NO2/c1-12-5-4-8-16-14(12)9-10-17-15-7-3-2-6-13(15)11-18(19(16)17)20(21)22/h2-3,6-7,9-12H,4-5,8H2,1H3. The zero-order valence-electron chi connectivity index (χ0n) is 12.5. The molecule has 3 aromatic carbocycles. The van der Waals surface area contributed by atoms with Gasteiger partial charge in [-0.15, -0.1) is 0 Å². The van der Waals surface area contributed by atoms with Crippen molar-refractivity contribution in [2.75, 3.05) is 0 Å². The predicted molar refractivity (Wildman–Crippen MR) is 89.5 cm³/mol. The maximum absolute atomic E-state index is 11.6. The molecule has 1 aliphatic carbocycles. The Labute approximate surface area is 128 Å². The summed E-state index contributed by atoms with van der Waals surface area (Å²) < 4.78 is 0. The van der Waals surface area contributed by atoms with E-state index in [1.54, 1.807) is 6.07 Å². The van der Waals surface area contributed by atoms with Gasteiger partial charge in [-0.25, -0.2) is 0 Å². The summed E-state index contributed by atoms with van der Waals surface area (Å²) in [6, 6.07) is 13.9. The van der Waals surface area contributed by atoms with Gasteiger partial charge in [-0.3, -0.25) is 10.1 Å². The summed E-state index contributed by atoms with van der Waals surface area (Å²) in [5.41, 5.74) is 2.73. The molecule has 1 unspecified atom stereocenters. The third-order valence-electron chi connectivity index (χ3n) is 4.94. The van der Waals surface area contributed by atoms with Crippen LogP contribution in [0.1, 0.15) is 36.8 Å². The van der Waals surface area contributed by atoms with E-state index >= 15 is 0 Å². The molecule has 0 bridgehead atoms. The minimum atomic E-state index is -0.228. The van der Waals surface area contributed by atoms with Crippen LogP contribution in [0.3, 0.4) is 0 Å². The molecule has 0 spiro atoms. The second-order valence-corrected chi connectivity index (χ2v) is 6.22. The molecular formula is C19H17NO2. The van der Waals surface area contributed by atoms with Gasteiger partial charge in [0.05, 0.1) is 10.3 Å². The van der Waals surface area contributed by atoms with Crippen LogP contribution in [0.4, 0.5) is 5.69 Å². The highest BCUT2D eigenvalue weighted by Crippen LogP contribution is 2.42. The maximum Gasteiger partial charge on any atom is 0.278 e. The Hall–Kier alpha value is -2.42. The zero-order valence-corrected chi connectivity index (χ0v) is 12.5. The van der Waals surface area contributed by atoms with Crippen molar-refractivity contribution in [2.24, 2.45) is 0 Å². The fourth-order valence-corrected chi connectivity index (χ4v) is 3.88. The van der Waals surface area contributed by atoms with E-state index < -0.39 is 0 Å². The van der Waals surface area contributed by atoms with Crippen molar-refractivity contribution in [1.82, 2.24) is 0 Å². The first kappa shape index (κ1) is 13.3. The van der Waals surface area contributed by atoms with E-state index in [4.69, 9.17) is 0 Å². The number of hydrogen-bond donors (Lipinski definition) is 0. The lowest BCUT2D eigenvalue weighted by Gasteiger charge is -2.24. The van der Waals surface area contributed by atoms with Gasteiger partial charge in [0, 0.05) is 6.07 Å². The number of benzene rings is 3. The SMILES string of the molecule is CC1CCCc2c1ccc1c2c([N+](=O)[O-])cc2ccccc21. The first-order chi connectivity index (χ1) is 10.7. The highest BCUT2D eigenvalue weighted by molar-refractivity contribution is 6.13. The molecule has 0 amide bonds. The number of nitro groups is 1. The highest BCUT2D eigenvalue weighted by Gasteiger charge is 2.24. The van der Waals surface area contributed by atoms with Gasteiger partial charge in [0.1, 0.15) is 0 Å². The van der Waals surface area contributed by atoms with Crippen LogP contribution in [0.15, 0.2) is 42.5 Å². The summed E-state index contributed by atoms with van der Waals surface area (Å²) in [6.07, 6.45) is 3.22. The van der Waals surface area contributed by atoms with E-state index in [1.807, 2.05) is 18.2 Å². The average Bonchev–Trinajstić information content (AvgIpc) is 2.53. The summed E-state index contributed by atoms with van der Waals surface area (Å²) in [7, 11) is 0. The average molecular weight is 291 g/mol. The van der Waals surface area contributed by atoms with Gasteiger partial charge >= 0.3 is 0 Å². The second kappa shape index (κ2) is 4.80.